The molecule has 0 aromatic rings. The number of rotatable bonds is 7. The van der Waals surface area contributed by atoms with Crippen molar-refractivity contribution in [2.75, 3.05) is 20.3 Å². The normalized spacial score (nSPS) is 19.3. The Morgan fingerprint density at radius 2 is 2.11 bits per heavy atom. The third-order valence-electron chi connectivity index (χ3n) is 2.08. The predicted octanol–water partition coefficient (Wildman–Crippen LogP) is 0.841. The van der Waals surface area contributed by atoms with Crippen LogP contribution < -0.4 is 0 Å². The molecular weight excluding hydrogens is 283 g/mol. The second-order valence-electron chi connectivity index (χ2n) is 3.77. The van der Waals surface area contributed by atoms with Gasteiger partial charge in [0.05, 0.1) is 6.61 Å². The molecule has 0 aliphatic carbocycles. The molecule has 1 N–H and O–H groups in total. The summed E-state index contributed by atoms with van der Waals surface area (Å²) in [7, 11) is -7.26. The van der Waals surface area contributed by atoms with Crippen molar-refractivity contribution in [3.05, 3.63) is 12.4 Å². The number of hydrogen-bond donors (Lipinski definition) is 1. The first kappa shape index (κ1) is 15.5. The molecule has 0 radical (unpaired) electrons. The van der Waals surface area contributed by atoms with Crippen LogP contribution in [0.25, 0.3) is 0 Å². The van der Waals surface area contributed by atoms with E-state index < -0.39 is 18.1 Å². The van der Waals surface area contributed by atoms with Gasteiger partial charge >= 0.3 is 18.1 Å². The van der Waals surface area contributed by atoms with Crippen LogP contribution in [0.2, 0.25) is 0 Å². The van der Waals surface area contributed by atoms with Crippen LogP contribution in [0.1, 0.15) is 19.8 Å². The topological polar surface area (TPSA) is 96.4 Å². The highest BCUT2D eigenvalue weighted by molar-refractivity contribution is 7.88. The maximum Gasteiger partial charge on any atom is 0.488 e. The maximum atomic E-state index is 11.6. The van der Waals surface area contributed by atoms with Gasteiger partial charge in [0, 0.05) is 19.4 Å². The van der Waals surface area contributed by atoms with E-state index in [1.54, 1.807) is 11.9 Å². The molecule has 1 rings (SSSR count). The van der Waals surface area contributed by atoms with Crippen LogP contribution in [0, 0.1) is 0 Å². The average Bonchev–Trinajstić information content (AvgIpc) is 2.64. The molecule has 10 heteroatoms. The minimum absolute atomic E-state index is 0.0251. The Kier molecular flexibility index (Phi) is 5.18. The molecule has 8 nitrogen and oxygen atoms in total. The average molecular weight is 300 g/mol. The van der Waals surface area contributed by atoms with E-state index in [0.717, 1.165) is 10.7 Å². The van der Waals surface area contributed by atoms with E-state index in [0.29, 0.717) is 6.42 Å². The highest BCUT2D eigenvalue weighted by atomic mass is 32.2. The summed E-state index contributed by atoms with van der Waals surface area (Å²) >= 11 is 0. The maximum absolute atomic E-state index is 11.6. The molecular formula is C8H17N2O6PS. The summed E-state index contributed by atoms with van der Waals surface area (Å²) in [5, 5.41) is 0. The first-order valence-electron chi connectivity index (χ1n) is 5.36. The molecule has 1 heterocycles. The molecule has 0 saturated carbocycles. The summed E-state index contributed by atoms with van der Waals surface area (Å²) in [6.45, 7) is 1.86. The van der Waals surface area contributed by atoms with Gasteiger partial charge in [0.25, 0.3) is 0 Å². The Morgan fingerprint density at radius 1 is 1.44 bits per heavy atom. The van der Waals surface area contributed by atoms with E-state index in [-0.39, 0.29) is 13.3 Å². The quantitative estimate of drug-likeness (QED) is 0.549. The standard InChI is InChI=1S/C8H17N2O6PS/c1-3-4-7-15-17(11,12)16-18(13,14)10-6-5-9(2)8-10/h5-6H,3-4,7-8H2,1-2H3,(H,11,12). The molecule has 0 saturated heterocycles. The highest BCUT2D eigenvalue weighted by Gasteiger charge is 2.34. The van der Waals surface area contributed by atoms with E-state index in [1.807, 2.05) is 6.92 Å². The van der Waals surface area contributed by atoms with Gasteiger partial charge in [-0.15, -0.1) is 3.97 Å². The summed E-state index contributed by atoms with van der Waals surface area (Å²) in [4.78, 5) is 10.8. The Morgan fingerprint density at radius 3 is 2.61 bits per heavy atom. The Hall–Kier alpha value is -0.600. The predicted molar refractivity (Wildman–Crippen MR) is 64.3 cm³/mol. The van der Waals surface area contributed by atoms with Gasteiger partial charge in [-0.1, -0.05) is 13.3 Å². The lowest BCUT2D eigenvalue weighted by Gasteiger charge is -2.19. The minimum atomic E-state index is -4.60. The van der Waals surface area contributed by atoms with E-state index in [9.17, 15) is 17.9 Å². The van der Waals surface area contributed by atoms with Crippen molar-refractivity contribution < 1.29 is 26.4 Å². The second kappa shape index (κ2) is 6.03. The number of hydrogen-bond acceptors (Lipinski definition) is 6. The van der Waals surface area contributed by atoms with Crippen LogP contribution >= 0.6 is 7.82 Å². The smallest absolute Gasteiger partial charge is 0.361 e. The van der Waals surface area contributed by atoms with Gasteiger partial charge in [-0.05, 0) is 6.42 Å². The number of phosphoric acid groups is 1. The molecule has 1 aliphatic heterocycles. The summed E-state index contributed by atoms with van der Waals surface area (Å²) in [5.74, 6) is 0. The van der Waals surface area contributed by atoms with E-state index >= 15 is 0 Å². The fraction of sp³-hybridized carbons (Fsp3) is 0.750. The lowest BCUT2D eigenvalue weighted by molar-refractivity contribution is 0.197. The molecule has 0 amide bonds. The summed E-state index contributed by atoms with van der Waals surface area (Å²) in [6, 6.07) is 0. The first-order valence-corrected chi connectivity index (χ1v) is 8.22. The lowest BCUT2D eigenvalue weighted by atomic mass is 10.4. The molecule has 0 bridgehead atoms. The highest BCUT2D eigenvalue weighted by Crippen LogP contribution is 2.46. The molecule has 1 aliphatic rings. The fourth-order valence-electron chi connectivity index (χ4n) is 1.16. The zero-order chi connectivity index (χ0) is 13.8. The third-order valence-corrected chi connectivity index (χ3v) is 4.91. The molecule has 0 aromatic carbocycles. The second-order valence-corrected chi connectivity index (χ2v) is 6.89. The van der Waals surface area contributed by atoms with Gasteiger partial charge in [-0.25, -0.2) is 8.87 Å². The van der Waals surface area contributed by atoms with Crippen molar-refractivity contribution in [2.45, 2.75) is 19.8 Å². The number of unbranched alkanes of at least 4 members (excludes halogenated alkanes) is 1. The van der Waals surface area contributed by atoms with Gasteiger partial charge in [0.15, 0.2) is 0 Å². The Labute approximate surface area is 107 Å². The van der Waals surface area contributed by atoms with Crippen LogP contribution in [-0.2, 0) is 23.4 Å². The SMILES string of the molecule is CCCCOP(=O)(O)OS(=O)(=O)N1C=CN(C)C1. The lowest BCUT2D eigenvalue weighted by Crippen LogP contribution is -2.29. The Balaban J connectivity index is 2.59. The minimum Gasteiger partial charge on any atom is -0.361 e. The largest absolute Gasteiger partial charge is 0.488 e. The van der Waals surface area contributed by atoms with Crippen molar-refractivity contribution in [1.82, 2.24) is 9.21 Å². The number of nitrogens with zero attached hydrogens (tertiary/aromatic N) is 2. The molecule has 0 spiro atoms. The van der Waals surface area contributed by atoms with Crippen molar-refractivity contribution in [3.63, 3.8) is 0 Å². The van der Waals surface area contributed by atoms with Gasteiger partial charge < -0.3 is 9.79 Å². The molecule has 0 aromatic heterocycles. The summed E-state index contributed by atoms with van der Waals surface area (Å²) < 4.78 is 44.2. The van der Waals surface area contributed by atoms with E-state index in [2.05, 4.69) is 8.49 Å². The zero-order valence-electron chi connectivity index (χ0n) is 10.2. The van der Waals surface area contributed by atoms with E-state index in [4.69, 9.17) is 0 Å². The Bertz CT molecular complexity index is 451. The van der Waals surface area contributed by atoms with Crippen molar-refractivity contribution in [3.8, 4) is 0 Å². The van der Waals surface area contributed by atoms with E-state index in [1.165, 1.54) is 12.4 Å². The fourth-order valence-corrected chi connectivity index (χ4v) is 3.51. The van der Waals surface area contributed by atoms with Crippen LogP contribution in [0.4, 0.5) is 0 Å². The van der Waals surface area contributed by atoms with Crippen molar-refractivity contribution >= 4 is 18.1 Å². The zero-order valence-corrected chi connectivity index (χ0v) is 11.9. The molecule has 1 unspecified atom stereocenters. The molecule has 106 valence electrons. The van der Waals surface area contributed by atoms with Crippen LogP contribution in [-0.4, -0.2) is 42.8 Å². The first-order chi connectivity index (χ1) is 8.27. The molecule has 1 atom stereocenters. The third kappa shape index (κ3) is 4.58. The van der Waals surface area contributed by atoms with Gasteiger partial charge in [0.1, 0.15) is 6.67 Å². The van der Waals surface area contributed by atoms with Crippen LogP contribution in [0.15, 0.2) is 12.4 Å². The summed E-state index contributed by atoms with van der Waals surface area (Å²) in [5.41, 5.74) is 0. The summed E-state index contributed by atoms with van der Waals surface area (Å²) in [6.07, 6.45) is 4.04. The van der Waals surface area contributed by atoms with Crippen LogP contribution in [0.3, 0.4) is 0 Å². The van der Waals surface area contributed by atoms with Gasteiger partial charge in [0.2, 0.25) is 0 Å². The number of phosphoric ester groups is 1. The van der Waals surface area contributed by atoms with Crippen LogP contribution in [0.5, 0.6) is 0 Å². The molecule has 18 heavy (non-hydrogen) atoms. The van der Waals surface area contributed by atoms with Gasteiger partial charge in [-0.3, -0.25) is 4.52 Å². The molecule has 0 fully saturated rings. The van der Waals surface area contributed by atoms with Crippen molar-refractivity contribution in [2.24, 2.45) is 0 Å². The van der Waals surface area contributed by atoms with Crippen molar-refractivity contribution in [1.29, 1.82) is 0 Å². The van der Waals surface area contributed by atoms with Gasteiger partial charge in [-0.2, -0.15) is 8.42 Å². The monoisotopic (exact) mass is 300 g/mol.